The van der Waals surface area contributed by atoms with E-state index in [0.29, 0.717) is 0 Å². The standard InChI is InChI=1S/3C5H6F6O2.Rh/c3*6-4(7,8)2(12)1-3(13)5(9,10)11;/h3*2-3,12-13H,1H2;. The molecule has 0 spiro atoms. The van der Waals surface area contributed by atoms with Gasteiger partial charge >= 0.3 is 37.1 Å². The second kappa shape index (κ2) is 16.7. The molecular formula is C15H18F18O6Rh. The SMILES string of the molecule is OC(CC(O)C(F)(F)F)C(F)(F)F.OC(CC(O)C(F)(F)F)C(F)(F)F.OC(CC(O)C(F)(F)F)C(F)(F)F.[Rh]. The molecule has 6 nitrogen and oxygen atoms in total. The van der Waals surface area contributed by atoms with Crippen LogP contribution in [0.3, 0.4) is 0 Å². The quantitative estimate of drug-likeness (QED) is 0.183. The Morgan fingerprint density at radius 1 is 0.275 bits per heavy atom. The van der Waals surface area contributed by atoms with Crippen molar-refractivity contribution in [3.05, 3.63) is 0 Å². The molecule has 6 unspecified atom stereocenters. The molecule has 0 aliphatic rings. The van der Waals surface area contributed by atoms with E-state index in [0.717, 1.165) is 0 Å². The van der Waals surface area contributed by atoms with Crippen LogP contribution in [-0.2, 0) is 19.5 Å². The molecule has 0 aromatic rings. The van der Waals surface area contributed by atoms with Crippen molar-refractivity contribution in [2.24, 2.45) is 0 Å². The molecule has 0 aromatic carbocycles. The zero-order valence-corrected chi connectivity index (χ0v) is 20.0. The minimum absolute atomic E-state index is 0. The summed E-state index contributed by atoms with van der Waals surface area (Å²) in [5, 5.41) is 48.8. The van der Waals surface area contributed by atoms with Crippen LogP contribution in [0.25, 0.3) is 0 Å². The van der Waals surface area contributed by atoms with Crippen molar-refractivity contribution >= 4 is 0 Å². The van der Waals surface area contributed by atoms with Gasteiger partial charge in [0.15, 0.2) is 36.6 Å². The zero-order chi connectivity index (χ0) is 32.6. The Balaban J connectivity index is -0.000000240. The molecule has 40 heavy (non-hydrogen) atoms. The van der Waals surface area contributed by atoms with Crippen LogP contribution in [0.1, 0.15) is 19.3 Å². The van der Waals surface area contributed by atoms with Gasteiger partial charge in [0, 0.05) is 38.7 Å². The Bertz CT molecular complexity index is 527. The molecule has 0 aromatic heterocycles. The number of halogens is 18. The first-order chi connectivity index (χ1) is 16.6. The van der Waals surface area contributed by atoms with Gasteiger partial charge in [0.05, 0.1) is 0 Å². The van der Waals surface area contributed by atoms with Gasteiger partial charge < -0.3 is 30.6 Å². The molecule has 249 valence electrons. The largest absolute Gasteiger partial charge is 0.414 e. The maximum Gasteiger partial charge on any atom is 0.414 e. The van der Waals surface area contributed by atoms with Crippen LogP contribution >= 0.6 is 0 Å². The van der Waals surface area contributed by atoms with Gasteiger partial charge in [0.2, 0.25) is 0 Å². The molecule has 6 N–H and O–H groups in total. The summed E-state index contributed by atoms with van der Waals surface area (Å²) in [6.07, 6.45) is -55.3. The molecule has 0 fully saturated rings. The van der Waals surface area contributed by atoms with Crippen LogP contribution in [0.4, 0.5) is 79.0 Å². The Kier molecular flexibility index (Phi) is 19.2. The van der Waals surface area contributed by atoms with Crippen LogP contribution in [0.5, 0.6) is 0 Å². The number of hydrogen-bond acceptors (Lipinski definition) is 6. The van der Waals surface area contributed by atoms with Crippen molar-refractivity contribution in [3.8, 4) is 0 Å². The van der Waals surface area contributed by atoms with Gasteiger partial charge in [-0.25, -0.2) is 0 Å². The molecule has 0 amide bonds. The minimum atomic E-state index is -5.15. The number of alkyl halides is 18. The summed E-state index contributed by atoms with van der Waals surface area (Å²) in [6, 6.07) is 0. The third kappa shape index (κ3) is 21.8. The normalized spacial score (nSPS) is 18.0. The first-order valence-electron chi connectivity index (χ1n) is 9.13. The maximum absolute atomic E-state index is 11.5. The van der Waals surface area contributed by atoms with Crippen molar-refractivity contribution in [1.82, 2.24) is 0 Å². The van der Waals surface area contributed by atoms with E-state index < -0.39 is 92.9 Å². The molecule has 1 radical (unpaired) electrons. The van der Waals surface area contributed by atoms with Crippen LogP contribution < -0.4 is 0 Å². The monoisotopic (exact) mass is 739 g/mol. The van der Waals surface area contributed by atoms with E-state index >= 15 is 0 Å². The smallest absolute Gasteiger partial charge is 0.384 e. The molecule has 0 aliphatic carbocycles. The Hall–Kier alpha value is -0.877. The third-order valence-electron chi connectivity index (χ3n) is 3.61. The predicted octanol–water partition coefficient (Wildman–Crippen LogP) is 3.67. The molecule has 6 atom stereocenters. The second-order valence-corrected chi connectivity index (χ2v) is 7.05. The average molecular weight is 739 g/mol. The number of aliphatic hydroxyl groups excluding tert-OH is 6. The van der Waals surface area contributed by atoms with E-state index in [1.807, 2.05) is 0 Å². The number of aliphatic hydroxyl groups is 6. The van der Waals surface area contributed by atoms with E-state index in [4.69, 9.17) is 30.6 Å². The van der Waals surface area contributed by atoms with Crippen molar-refractivity contribution in [1.29, 1.82) is 0 Å². The Labute approximate surface area is 222 Å². The molecule has 0 saturated heterocycles. The summed E-state index contributed by atoms with van der Waals surface area (Å²) in [4.78, 5) is 0. The first kappa shape index (κ1) is 46.1. The van der Waals surface area contributed by atoms with Crippen LogP contribution in [0.15, 0.2) is 0 Å². The van der Waals surface area contributed by atoms with E-state index in [1.54, 1.807) is 0 Å². The first-order valence-corrected chi connectivity index (χ1v) is 9.13. The van der Waals surface area contributed by atoms with Gasteiger partial charge in [-0.3, -0.25) is 0 Å². The number of rotatable bonds is 6. The van der Waals surface area contributed by atoms with Gasteiger partial charge in [-0.05, 0) is 0 Å². The topological polar surface area (TPSA) is 121 Å². The van der Waals surface area contributed by atoms with E-state index in [1.165, 1.54) is 0 Å². The van der Waals surface area contributed by atoms with Crippen LogP contribution in [0.2, 0.25) is 0 Å². The summed E-state index contributed by atoms with van der Waals surface area (Å²) >= 11 is 0. The van der Waals surface area contributed by atoms with Gasteiger partial charge in [0.1, 0.15) is 0 Å². The van der Waals surface area contributed by atoms with Crippen molar-refractivity contribution in [2.75, 3.05) is 0 Å². The van der Waals surface area contributed by atoms with Gasteiger partial charge in [-0.15, -0.1) is 0 Å². The summed E-state index contributed by atoms with van der Waals surface area (Å²) in [6.45, 7) is 0. The summed E-state index contributed by atoms with van der Waals surface area (Å²) in [7, 11) is 0. The fourth-order valence-electron chi connectivity index (χ4n) is 1.44. The summed E-state index contributed by atoms with van der Waals surface area (Å²) < 4.78 is 206. The van der Waals surface area contributed by atoms with Gasteiger partial charge in [-0.1, -0.05) is 0 Å². The molecular weight excluding hydrogens is 721 g/mol. The van der Waals surface area contributed by atoms with Crippen molar-refractivity contribution in [2.45, 2.75) is 92.9 Å². The van der Waals surface area contributed by atoms with Gasteiger partial charge in [0.25, 0.3) is 0 Å². The molecule has 0 bridgehead atoms. The predicted molar refractivity (Wildman–Crippen MR) is 86.2 cm³/mol. The van der Waals surface area contributed by atoms with Crippen molar-refractivity contribution in [3.63, 3.8) is 0 Å². The summed E-state index contributed by atoms with van der Waals surface area (Å²) in [5.74, 6) is 0. The van der Waals surface area contributed by atoms with Crippen molar-refractivity contribution < 1.29 is 129 Å². The van der Waals surface area contributed by atoms with E-state index in [9.17, 15) is 79.0 Å². The Morgan fingerprint density at radius 2 is 0.350 bits per heavy atom. The average Bonchev–Trinajstić information content (AvgIpc) is 2.64. The number of hydrogen-bond donors (Lipinski definition) is 6. The van der Waals surface area contributed by atoms with E-state index in [-0.39, 0.29) is 19.5 Å². The maximum atomic E-state index is 11.5. The Morgan fingerprint density at radius 3 is 0.400 bits per heavy atom. The van der Waals surface area contributed by atoms with Crippen LogP contribution in [0, 0.1) is 0 Å². The molecule has 0 aliphatic heterocycles. The third-order valence-corrected chi connectivity index (χ3v) is 3.61. The minimum Gasteiger partial charge on any atom is -0.384 e. The molecule has 25 heteroatoms. The van der Waals surface area contributed by atoms with E-state index in [2.05, 4.69) is 0 Å². The molecule has 0 rings (SSSR count). The molecule has 0 saturated carbocycles. The van der Waals surface area contributed by atoms with Crippen LogP contribution in [-0.4, -0.2) is 104 Å². The zero-order valence-electron chi connectivity index (χ0n) is 18.4. The fourth-order valence-corrected chi connectivity index (χ4v) is 1.44. The second-order valence-electron chi connectivity index (χ2n) is 7.05. The van der Waals surface area contributed by atoms with Gasteiger partial charge in [-0.2, -0.15) is 79.0 Å². The fraction of sp³-hybridized carbons (Fsp3) is 1.00. The molecule has 0 heterocycles. The summed E-state index contributed by atoms with van der Waals surface area (Å²) in [5.41, 5.74) is 0.